The Labute approximate surface area is 137 Å². The Morgan fingerprint density at radius 3 is 2.00 bits per heavy atom. The van der Waals surface area contributed by atoms with Crippen LogP contribution in [0.3, 0.4) is 0 Å². The molecule has 1 nitrogen and oxygen atoms in total. The van der Waals surface area contributed by atoms with Crippen molar-refractivity contribution in [3.05, 3.63) is 67.6 Å². The smallest absolute Gasteiger partial charge is 0.0552 e. The molecule has 106 valence electrons. The van der Waals surface area contributed by atoms with Crippen molar-refractivity contribution in [2.24, 2.45) is 5.73 Å². The highest BCUT2D eigenvalue weighted by molar-refractivity contribution is 9.11. The lowest BCUT2D eigenvalue weighted by Crippen LogP contribution is -2.12. The predicted octanol–water partition coefficient (Wildman–Crippen LogP) is 5.38. The predicted molar refractivity (Wildman–Crippen MR) is 93.1 cm³/mol. The fourth-order valence-electron chi connectivity index (χ4n) is 2.46. The second-order valence-electron chi connectivity index (χ2n) is 4.92. The van der Waals surface area contributed by atoms with Crippen LogP contribution in [0, 0.1) is 0 Å². The van der Waals surface area contributed by atoms with Crippen LogP contribution in [0.5, 0.6) is 0 Å². The highest BCUT2D eigenvalue weighted by Gasteiger charge is 2.12. The minimum absolute atomic E-state index is 0.0972. The lowest BCUT2D eigenvalue weighted by Gasteiger charge is -2.16. The van der Waals surface area contributed by atoms with Crippen molar-refractivity contribution in [1.29, 1.82) is 0 Å². The first kappa shape index (κ1) is 15.7. The van der Waals surface area contributed by atoms with Crippen LogP contribution in [-0.4, -0.2) is 0 Å². The van der Waals surface area contributed by atoms with Crippen molar-refractivity contribution in [2.75, 3.05) is 0 Å². The molecule has 0 spiro atoms. The number of aryl methyl sites for hydroxylation is 2. The summed E-state index contributed by atoms with van der Waals surface area (Å²) in [6.07, 6.45) is 2.12. The van der Waals surface area contributed by atoms with E-state index in [4.69, 9.17) is 5.73 Å². The average Bonchev–Trinajstić information content (AvgIpc) is 2.44. The van der Waals surface area contributed by atoms with E-state index in [-0.39, 0.29) is 6.04 Å². The zero-order valence-electron chi connectivity index (χ0n) is 11.8. The molecule has 2 N–H and O–H groups in total. The monoisotopic (exact) mass is 395 g/mol. The zero-order valence-corrected chi connectivity index (χ0v) is 15.0. The van der Waals surface area contributed by atoms with E-state index in [0.717, 1.165) is 27.4 Å². The second-order valence-corrected chi connectivity index (χ2v) is 6.75. The molecular weight excluding hydrogens is 378 g/mol. The maximum atomic E-state index is 6.43. The van der Waals surface area contributed by atoms with Crippen LogP contribution >= 0.6 is 31.9 Å². The summed E-state index contributed by atoms with van der Waals surface area (Å²) in [5.74, 6) is 0. The maximum Gasteiger partial charge on any atom is 0.0552 e. The van der Waals surface area contributed by atoms with E-state index < -0.39 is 0 Å². The third-order valence-electron chi connectivity index (χ3n) is 3.60. The van der Waals surface area contributed by atoms with Gasteiger partial charge < -0.3 is 5.73 Å². The molecule has 20 heavy (non-hydrogen) atoms. The molecule has 0 heterocycles. The second kappa shape index (κ2) is 6.88. The summed E-state index contributed by atoms with van der Waals surface area (Å²) in [7, 11) is 0. The highest BCUT2D eigenvalue weighted by atomic mass is 79.9. The first-order valence-corrected chi connectivity index (χ1v) is 8.47. The summed E-state index contributed by atoms with van der Waals surface area (Å²) < 4.78 is 2.08. The molecule has 0 aliphatic heterocycles. The van der Waals surface area contributed by atoms with Gasteiger partial charge in [0.15, 0.2) is 0 Å². The molecule has 3 heteroatoms. The maximum absolute atomic E-state index is 6.43. The van der Waals surface area contributed by atoms with Crippen LogP contribution in [0.25, 0.3) is 0 Å². The molecule has 0 saturated heterocycles. The van der Waals surface area contributed by atoms with Crippen LogP contribution in [-0.2, 0) is 12.8 Å². The van der Waals surface area contributed by atoms with Gasteiger partial charge in [0.05, 0.1) is 6.04 Å². The molecular formula is C17H19Br2N. The molecule has 0 bridgehead atoms. The standard InChI is InChI=1S/C17H19Br2N/c1-3-11-5-6-13(7-12(11)4-2)17(20)14-8-15(18)10-16(19)9-14/h5-10,17H,3-4,20H2,1-2H3. The number of nitrogens with two attached hydrogens (primary N) is 1. The molecule has 2 aromatic carbocycles. The van der Waals surface area contributed by atoms with E-state index in [0.29, 0.717) is 0 Å². The van der Waals surface area contributed by atoms with Crippen LogP contribution in [0.4, 0.5) is 0 Å². The molecule has 2 aromatic rings. The van der Waals surface area contributed by atoms with Gasteiger partial charge in [0.2, 0.25) is 0 Å². The van der Waals surface area contributed by atoms with Crippen molar-refractivity contribution in [3.63, 3.8) is 0 Å². The van der Waals surface area contributed by atoms with Gasteiger partial charge in [-0.15, -0.1) is 0 Å². The van der Waals surface area contributed by atoms with Crippen molar-refractivity contribution in [2.45, 2.75) is 32.7 Å². The Bertz CT molecular complexity index is 588. The van der Waals surface area contributed by atoms with E-state index in [1.807, 2.05) is 6.07 Å². The molecule has 1 atom stereocenters. The van der Waals surface area contributed by atoms with Crippen LogP contribution in [0.1, 0.15) is 42.1 Å². The Morgan fingerprint density at radius 1 is 0.850 bits per heavy atom. The van der Waals surface area contributed by atoms with Crippen molar-refractivity contribution < 1.29 is 0 Å². The van der Waals surface area contributed by atoms with Crippen LogP contribution < -0.4 is 5.73 Å². The third kappa shape index (κ3) is 3.51. The number of rotatable bonds is 4. The zero-order chi connectivity index (χ0) is 14.7. The minimum atomic E-state index is -0.0972. The molecule has 0 aliphatic rings. The largest absolute Gasteiger partial charge is 0.320 e. The summed E-state index contributed by atoms with van der Waals surface area (Å²) in [6.45, 7) is 4.39. The van der Waals surface area contributed by atoms with E-state index >= 15 is 0 Å². The first-order chi connectivity index (χ1) is 9.55. The van der Waals surface area contributed by atoms with Gasteiger partial charge in [-0.25, -0.2) is 0 Å². The number of hydrogen-bond donors (Lipinski definition) is 1. The van der Waals surface area contributed by atoms with Gasteiger partial charge in [0.1, 0.15) is 0 Å². The van der Waals surface area contributed by atoms with Gasteiger partial charge in [0.25, 0.3) is 0 Å². The first-order valence-electron chi connectivity index (χ1n) is 6.88. The minimum Gasteiger partial charge on any atom is -0.320 e. The Balaban J connectivity index is 2.39. The fraction of sp³-hybridized carbons (Fsp3) is 0.294. The van der Waals surface area contributed by atoms with Crippen molar-refractivity contribution in [3.8, 4) is 0 Å². The molecule has 0 aromatic heterocycles. The van der Waals surface area contributed by atoms with Crippen LogP contribution in [0.2, 0.25) is 0 Å². The van der Waals surface area contributed by atoms with Gasteiger partial charge in [-0.2, -0.15) is 0 Å². The Morgan fingerprint density at radius 2 is 1.45 bits per heavy atom. The number of hydrogen-bond acceptors (Lipinski definition) is 1. The lowest BCUT2D eigenvalue weighted by molar-refractivity contribution is 0.861. The molecule has 0 radical (unpaired) electrons. The van der Waals surface area contributed by atoms with Gasteiger partial charge in [-0.1, -0.05) is 63.9 Å². The van der Waals surface area contributed by atoms with E-state index in [1.165, 1.54) is 16.7 Å². The van der Waals surface area contributed by atoms with Gasteiger partial charge in [0, 0.05) is 8.95 Å². The highest BCUT2D eigenvalue weighted by Crippen LogP contribution is 2.28. The SMILES string of the molecule is CCc1ccc(C(N)c2cc(Br)cc(Br)c2)cc1CC. The number of halogens is 2. The summed E-state index contributed by atoms with van der Waals surface area (Å²) in [6, 6.07) is 12.7. The summed E-state index contributed by atoms with van der Waals surface area (Å²) >= 11 is 7.04. The Kier molecular flexibility index (Phi) is 5.42. The molecule has 0 aliphatic carbocycles. The number of benzene rings is 2. The van der Waals surface area contributed by atoms with Gasteiger partial charge in [-0.05, 0) is 53.3 Å². The normalized spacial score (nSPS) is 12.4. The van der Waals surface area contributed by atoms with Gasteiger partial charge in [-0.3, -0.25) is 0 Å². The Hall–Kier alpha value is -0.640. The van der Waals surface area contributed by atoms with Crippen LogP contribution in [0.15, 0.2) is 45.3 Å². The lowest BCUT2D eigenvalue weighted by atomic mass is 9.94. The average molecular weight is 397 g/mol. The summed E-state index contributed by atoms with van der Waals surface area (Å²) in [5.41, 5.74) is 11.5. The summed E-state index contributed by atoms with van der Waals surface area (Å²) in [4.78, 5) is 0. The fourth-order valence-corrected chi connectivity index (χ4v) is 3.79. The molecule has 1 unspecified atom stereocenters. The van der Waals surface area contributed by atoms with E-state index in [1.54, 1.807) is 0 Å². The molecule has 0 fully saturated rings. The van der Waals surface area contributed by atoms with Gasteiger partial charge >= 0.3 is 0 Å². The molecule has 0 saturated carbocycles. The van der Waals surface area contributed by atoms with Crippen molar-refractivity contribution >= 4 is 31.9 Å². The third-order valence-corrected chi connectivity index (χ3v) is 4.51. The summed E-state index contributed by atoms with van der Waals surface area (Å²) in [5, 5.41) is 0. The molecule has 2 rings (SSSR count). The molecule has 0 amide bonds. The topological polar surface area (TPSA) is 26.0 Å². The van der Waals surface area contributed by atoms with E-state index in [9.17, 15) is 0 Å². The van der Waals surface area contributed by atoms with Crippen molar-refractivity contribution in [1.82, 2.24) is 0 Å². The van der Waals surface area contributed by atoms with E-state index in [2.05, 4.69) is 76.0 Å². The quantitative estimate of drug-likeness (QED) is 0.736.